The molecule has 1 fully saturated rings. The molecule has 1 heterocycles. The SMILES string of the molecule is C#CCCCN(C)CC1CCNCC1. The van der Waals surface area contributed by atoms with Crippen molar-refractivity contribution in [3.8, 4) is 12.3 Å². The first-order valence-corrected chi connectivity index (χ1v) is 5.65. The highest BCUT2D eigenvalue weighted by molar-refractivity contribution is 4.83. The van der Waals surface area contributed by atoms with E-state index in [2.05, 4.69) is 23.2 Å². The number of piperidine rings is 1. The van der Waals surface area contributed by atoms with E-state index in [0.717, 1.165) is 25.3 Å². The van der Waals surface area contributed by atoms with Gasteiger partial charge < -0.3 is 10.2 Å². The van der Waals surface area contributed by atoms with Gasteiger partial charge in [-0.15, -0.1) is 12.3 Å². The molecule has 1 N–H and O–H groups in total. The van der Waals surface area contributed by atoms with Crippen molar-refractivity contribution >= 4 is 0 Å². The molecular formula is C12H22N2. The molecule has 0 radical (unpaired) electrons. The Balaban J connectivity index is 2.06. The number of hydrogen-bond acceptors (Lipinski definition) is 2. The molecule has 0 aromatic carbocycles. The van der Waals surface area contributed by atoms with Gasteiger partial charge in [-0.25, -0.2) is 0 Å². The lowest BCUT2D eigenvalue weighted by Crippen LogP contribution is -2.34. The van der Waals surface area contributed by atoms with Crippen LogP contribution in [0.5, 0.6) is 0 Å². The Hall–Kier alpha value is -0.520. The van der Waals surface area contributed by atoms with Crippen LogP contribution in [0.25, 0.3) is 0 Å². The van der Waals surface area contributed by atoms with Crippen LogP contribution < -0.4 is 5.32 Å². The van der Waals surface area contributed by atoms with Gasteiger partial charge in [0, 0.05) is 13.0 Å². The molecule has 2 nitrogen and oxygen atoms in total. The van der Waals surface area contributed by atoms with Crippen LogP contribution in [-0.2, 0) is 0 Å². The molecular weight excluding hydrogens is 172 g/mol. The average molecular weight is 194 g/mol. The Morgan fingerprint density at radius 2 is 2.14 bits per heavy atom. The monoisotopic (exact) mass is 194 g/mol. The standard InChI is InChI=1S/C12H22N2/c1-3-4-5-10-14(2)11-12-6-8-13-9-7-12/h1,12-13H,4-11H2,2H3. The summed E-state index contributed by atoms with van der Waals surface area (Å²) >= 11 is 0. The van der Waals surface area contributed by atoms with E-state index >= 15 is 0 Å². The van der Waals surface area contributed by atoms with Crippen LogP contribution in [0.2, 0.25) is 0 Å². The number of hydrogen-bond donors (Lipinski definition) is 1. The third-order valence-corrected chi connectivity index (χ3v) is 2.89. The van der Waals surface area contributed by atoms with E-state index in [1.165, 1.54) is 32.5 Å². The van der Waals surface area contributed by atoms with Crippen molar-refractivity contribution in [1.82, 2.24) is 10.2 Å². The molecule has 0 spiro atoms. The Kier molecular flexibility index (Phi) is 5.66. The number of unbranched alkanes of at least 4 members (excludes halogenated alkanes) is 1. The van der Waals surface area contributed by atoms with Crippen LogP contribution in [0.15, 0.2) is 0 Å². The number of terminal acetylenes is 1. The summed E-state index contributed by atoms with van der Waals surface area (Å²) in [5.74, 6) is 3.59. The smallest absolute Gasteiger partial charge is 0.00982 e. The van der Waals surface area contributed by atoms with Crippen molar-refractivity contribution in [3.05, 3.63) is 0 Å². The zero-order valence-corrected chi connectivity index (χ0v) is 9.26. The van der Waals surface area contributed by atoms with Gasteiger partial charge in [0.05, 0.1) is 0 Å². The van der Waals surface area contributed by atoms with Crippen LogP contribution in [0.4, 0.5) is 0 Å². The van der Waals surface area contributed by atoms with Gasteiger partial charge in [-0.1, -0.05) is 0 Å². The number of nitrogens with zero attached hydrogens (tertiary/aromatic N) is 1. The fourth-order valence-electron chi connectivity index (χ4n) is 2.05. The minimum absolute atomic E-state index is 0.895. The normalized spacial score (nSPS) is 18.4. The summed E-state index contributed by atoms with van der Waals surface area (Å²) in [6.07, 6.45) is 9.94. The molecule has 0 aromatic heterocycles. The maximum atomic E-state index is 5.22. The zero-order chi connectivity index (χ0) is 10.2. The maximum Gasteiger partial charge on any atom is 0.00982 e. The van der Waals surface area contributed by atoms with E-state index in [4.69, 9.17) is 6.42 Å². The molecule has 0 aliphatic carbocycles. The van der Waals surface area contributed by atoms with E-state index in [-0.39, 0.29) is 0 Å². The summed E-state index contributed by atoms with van der Waals surface area (Å²) in [6, 6.07) is 0. The minimum atomic E-state index is 0.895. The van der Waals surface area contributed by atoms with E-state index in [0.29, 0.717) is 0 Å². The first-order chi connectivity index (χ1) is 6.83. The maximum absolute atomic E-state index is 5.22. The molecule has 0 unspecified atom stereocenters. The van der Waals surface area contributed by atoms with Gasteiger partial charge in [-0.2, -0.15) is 0 Å². The zero-order valence-electron chi connectivity index (χ0n) is 9.26. The number of rotatable bonds is 5. The molecule has 1 saturated heterocycles. The fraction of sp³-hybridized carbons (Fsp3) is 0.833. The van der Waals surface area contributed by atoms with Crippen LogP contribution in [0.1, 0.15) is 25.7 Å². The molecule has 0 bridgehead atoms. The van der Waals surface area contributed by atoms with Crippen LogP contribution in [0.3, 0.4) is 0 Å². The van der Waals surface area contributed by atoms with Gasteiger partial charge in [0.25, 0.3) is 0 Å². The second-order valence-electron chi connectivity index (χ2n) is 4.26. The molecule has 1 rings (SSSR count). The van der Waals surface area contributed by atoms with Crippen LogP contribution in [-0.4, -0.2) is 38.1 Å². The summed E-state index contributed by atoms with van der Waals surface area (Å²) in [6.45, 7) is 4.78. The van der Waals surface area contributed by atoms with E-state index in [1.54, 1.807) is 0 Å². The second kappa shape index (κ2) is 6.86. The van der Waals surface area contributed by atoms with Gasteiger partial charge in [0.1, 0.15) is 0 Å². The number of nitrogens with one attached hydrogen (secondary N) is 1. The van der Waals surface area contributed by atoms with E-state index in [9.17, 15) is 0 Å². The van der Waals surface area contributed by atoms with Crippen molar-refractivity contribution in [2.24, 2.45) is 5.92 Å². The molecule has 2 heteroatoms. The highest BCUT2D eigenvalue weighted by Crippen LogP contribution is 2.12. The minimum Gasteiger partial charge on any atom is -0.317 e. The summed E-state index contributed by atoms with van der Waals surface area (Å²) in [4.78, 5) is 2.42. The van der Waals surface area contributed by atoms with Gasteiger partial charge >= 0.3 is 0 Å². The lowest BCUT2D eigenvalue weighted by Gasteiger charge is -2.27. The van der Waals surface area contributed by atoms with Crippen molar-refractivity contribution in [2.45, 2.75) is 25.7 Å². The lowest BCUT2D eigenvalue weighted by molar-refractivity contribution is 0.239. The highest BCUT2D eigenvalue weighted by Gasteiger charge is 2.14. The van der Waals surface area contributed by atoms with E-state index < -0.39 is 0 Å². The van der Waals surface area contributed by atoms with Crippen molar-refractivity contribution in [1.29, 1.82) is 0 Å². The predicted molar refractivity (Wildman–Crippen MR) is 61.2 cm³/mol. The summed E-state index contributed by atoms with van der Waals surface area (Å²) in [5.41, 5.74) is 0. The van der Waals surface area contributed by atoms with Crippen molar-refractivity contribution in [2.75, 3.05) is 33.2 Å². The lowest BCUT2D eigenvalue weighted by atomic mass is 9.98. The van der Waals surface area contributed by atoms with Gasteiger partial charge in [0.15, 0.2) is 0 Å². The Morgan fingerprint density at radius 1 is 1.43 bits per heavy atom. The van der Waals surface area contributed by atoms with Crippen molar-refractivity contribution in [3.63, 3.8) is 0 Å². The molecule has 1 aliphatic rings. The quantitative estimate of drug-likeness (QED) is 0.525. The molecule has 14 heavy (non-hydrogen) atoms. The predicted octanol–water partition coefficient (Wildman–Crippen LogP) is 1.33. The molecule has 80 valence electrons. The van der Waals surface area contributed by atoms with Gasteiger partial charge in [-0.3, -0.25) is 0 Å². The third kappa shape index (κ3) is 4.64. The Labute approximate surface area is 88.1 Å². The topological polar surface area (TPSA) is 15.3 Å². The largest absolute Gasteiger partial charge is 0.317 e. The Bertz CT molecular complexity index is 177. The molecule has 0 amide bonds. The van der Waals surface area contributed by atoms with Crippen molar-refractivity contribution < 1.29 is 0 Å². The Morgan fingerprint density at radius 3 is 2.79 bits per heavy atom. The first kappa shape index (κ1) is 11.6. The molecule has 0 atom stereocenters. The highest BCUT2D eigenvalue weighted by atomic mass is 15.1. The molecule has 0 aromatic rings. The van der Waals surface area contributed by atoms with Gasteiger partial charge in [-0.05, 0) is 51.9 Å². The summed E-state index contributed by atoms with van der Waals surface area (Å²) in [5, 5.41) is 3.40. The summed E-state index contributed by atoms with van der Waals surface area (Å²) in [7, 11) is 2.21. The van der Waals surface area contributed by atoms with E-state index in [1.807, 2.05) is 0 Å². The molecule has 1 aliphatic heterocycles. The molecule has 0 saturated carbocycles. The van der Waals surface area contributed by atoms with Crippen LogP contribution in [0, 0.1) is 18.3 Å². The first-order valence-electron chi connectivity index (χ1n) is 5.65. The fourth-order valence-corrected chi connectivity index (χ4v) is 2.05. The second-order valence-corrected chi connectivity index (χ2v) is 4.26. The third-order valence-electron chi connectivity index (χ3n) is 2.89. The van der Waals surface area contributed by atoms with Gasteiger partial charge in [0.2, 0.25) is 0 Å². The van der Waals surface area contributed by atoms with Crippen LogP contribution >= 0.6 is 0 Å². The average Bonchev–Trinajstić information content (AvgIpc) is 2.20. The summed E-state index contributed by atoms with van der Waals surface area (Å²) < 4.78 is 0.